The Labute approximate surface area is 206 Å². The number of halogens is 10. The van der Waals surface area contributed by atoms with Gasteiger partial charge in [-0.1, -0.05) is 0 Å². The third-order valence-electron chi connectivity index (χ3n) is 1.09. The van der Waals surface area contributed by atoms with Gasteiger partial charge >= 0.3 is 26.8 Å². The van der Waals surface area contributed by atoms with Crippen molar-refractivity contribution in [3.05, 3.63) is 0 Å². The number of alkyl halides is 4. The second-order valence-electron chi connectivity index (χ2n) is 2.26. The molecule has 0 aliphatic carbocycles. The van der Waals surface area contributed by atoms with Crippen molar-refractivity contribution in [3.63, 3.8) is 0 Å². The van der Waals surface area contributed by atoms with E-state index in [1.807, 2.05) is 0 Å². The van der Waals surface area contributed by atoms with Crippen LogP contribution in [-0.2, 0) is 0 Å². The van der Waals surface area contributed by atoms with Crippen LogP contribution in [0.2, 0.25) is 0 Å². The summed E-state index contributed by atoms with van der Waals surface area (Å²) in [6.07, 6.45) is 0. The molecule has 0 fully saturated rings. The first-order valence-electron chi connectivity index (χ1n) is 4.48. The van der Waals surface area contributed by atoms with E-state index in [1.165, 1.54) is 0 Å². The molecule has 2 nitrogen and oxygen atoms in total. The van der Waals surface area contributed by atoms with E-state index in [1.54, 1.807) is 0 Å². The molecule has 13 heteroatoms. The van der Waals surface area contributed by atoms with E-state index in [0.717, 1.165) is 26.2 Å². The van der Waals surface area contributed by atoms with Crippen LogP contribution in [-0.4, -0.2) is 73.6 Å². The molecule has 0 unspecified atom stereocenters. The molecular formula is C8H20Cl10N2Sn. The van der Waals surface area contributed by atoms with E-state index in [2.05, 4.69) is 10.6 Å². The van der Waals surface area contributed by atoms with Gasteiger partial charge in [0.05, 0.1) is 0 Å². The van der Waals surface area contributed by atoms with E-state index in [9.17, 15) is 0 Å². The van der Waals surface area contributed by atoms with Gasteiger partial charge in [0, 0.05) is 49.7 Å². The molecule has 0 aromatic heterocycles. The molecule has 0 radical (unpaired) electrons. The van der Waals surface area contributed by atoms with Gasteiger partial charge in [-0.2, -0.15) is 0 Å². The molecule has 0 atom stereocenters. The minimum absolute atomic E-state index is 0. The van der Waals surface area contributed by atoms with Crippen molar-refractivity contribution in [1.82, 2.24) is 10.6 Å². The summed E-state index contributed by atoms with van der Waals surface area (Å²) in [7, 11) is 0. The molecule has 0 aliphatic rings. The monoisotopic (exact) mass is 614 g/mol. The maximum atomic E-state index is 5.33. The summed E-state index contributed by atoms with van der Waals surface area (Å²) in [5.74, 6) is 2.65. The number of hydrogen-bond acceptors (Lipinski definition) is 2. The Morgan fingerprint density at radius 1 is 0.476 bits per heavy atom. The first-order valence-corrected chi connectivity index (χ1v) is 6.62. The maximum absolute atomic E-state index is 5.33. The Hall–Kier alpha value is 3.62. The van der Waals surface area contributed by atoms with Crippen LogP contribution < -0.4 is 85.1 Å². The van der Waals surface area contributed by atoms with E-state index in [4.69, 9.17) is 46.4 Å². The van der Waals surface area contributed by atoms with Gasteiger partial charge in [-0.25, -0.2) is 0 Å². The average Bonchev–Trinajstić information content (AvgIpc) is 2.21. The molecule has 2 N–H and O–H groups in total. The zero-order valence-electron chi connectivity index (χ0n) is 12.9. The van der Waals surface area contributed by atoms with Crippen LogP contribution in [0.1, 0.15) is 2.85 Å². The Morgan fingerprint density at radius 2 is 0.619 bits per heavy atom. The van der Waals surface area contributed by atoms with Crippen LogP contribution in [0, 0.1) is 0 Å². The fourth-order valence-corrected chi connectivity index (χ4v) is 1.05. The van der Waals surface area contributed by atoms with Crippen LogP contribution in [0.5, 0.6) is 0 Å². The predicted octanol–water partition coefficient (Wildman–Crippen LogP) is -16.0. The Bertz CT molecular complexity index is 91.3. The largest absolute Gasteiger partial charge is 4.00 e. The summed E-state index contributed by atoms with van der Waals surface area (Å²) < 4.78 is 0. The van der Waals surface area contributed by atoms with Gasteiger partial charge < -0.3 is 85.1 Å². The van der Waals surface area contributed by atoms with Gasteiger partial charge in [0.15, 0.2) is 0 Å². The Morgan fingerprint density at radius 3 is 0.714 bits per heavy atom. The first-order chi connectivity index (χ1) is 6.83. The van der Waals surface area contributed by atoms with Crippen molar-refractivity contribution < 1.29 is 77.3 Å². The van der Waals surface area contributed by atoms with Crippen LogP contribution in [0.4, 0.5) is 0 Å². The van der Waals surface area contributed by atoms with Gasteiger partial charge in [0.25, 0.3) is 0 Å². The minimum Gasteiger partial charge on any atom is -1.00 e. The van der Waals surface area contributed by atoms with E-state index < -0.39 is 0 Å². The molecule has 136 valence electrons. The Balaban J connectivity index is -0.00000001000. The molecule has 0 amide bonds. The summed E-state index contributed by atoms with van der Waals surface area (Å²) in [6.45, 7) is 3.42. The fourth-order valence-electron chi connectivity index (χ4n) is 0.517. The van der Waals surface area contributed by atoms with Crippen molar-refractivity contribution in [2.75, 3.05) is 49.7 Å². The first kappa shape index (κ1) is 56.3. The van der Waals surface area contributed by atoms with Crippen molar-refractivity contribution in [3.8, 4) is 0 Å². The molecular weight excluding hydrogens is 597 g/mol. The van der Waals surface area contributed by atoms with E-state index in [-0.39, 0.29) is 101 Å². The second-order valence-corrected chi connectivity index (χ2v) is 3.77. The summed E-state index contributed by atoms with van der Waals surface area (Å²) >= 11 is 21.3. The summed E-state index contributed by atoms with van der Waals surface area (Å²) in [6, 6.07) is 0. The zero-order chi connectivity index (χ0) is 11.1. The van der Waals surface area contributed by atoms with Gasteiger partial charge in [-0.05, 0) is 0 Å². The van der Waals surface area contributed by atoms with Crippen molar-refractivity contribution >= 4 is 70.3 Å². The average molecular weight is 618 g/mol. The summed E-state index contributed by atoms with van der Waals surface area (Å²) in [5, 5.41) is 6.04. The maximum Gasteiger partial charge on any atom is 4.00 e. The van der Waals surface area contributed by atoms with Gasteiger partial charge in [-0.3, -0.25) is 0 Å². The molecule has 0 aliphatic heterocycles. The number of hydrogen-bond donors (Lipinski definition) is 2. The molecule has 21 heavy (non-hydrogen) atoms. The molecule has 0 spiro atoms. The summed E-state index contributed by atoms with van der Waals surface area (Å²) in [4.78, 5) is 0. The van der Waals surface area contributed by atoms with Gasteiger partial charge in [0.2, 0.25) is 0 Å². The third kappa shape index (κ3) is 81.8. The molecule has 0 aromatic carbocycles. The molecule has 0 rings (SSSR count). The topological polar surface area (TPSA) is 24.1 Å². The van der Waals surface area contributed by atoms with Crippen LogP contribution in [0.15, 0.2) is 0 Å². The normalized spacial score (nSPS) is 6.29. The van der Waals surface area contributed by atoms with Gasteiger partial charge in [-0.15, -0.1) is 46.4 Å². The zero-order valence-corrected chi connectivity index (χ0v) is 21.3. The van der Waals surface area contributed by atoms with Crippen molar-refractivity contribution in [1.29, 1.82) is 0 Å². The SMILES string of the molecule is ClCCNCCCl.ClCCNCCCl.[Cl-].[Cl-].[Cl-].[Cl-].[Cl-].[Cl-].[H+].[H+].[Sn+4]. The van der Waals surface area contributed by atoms with Crippen LogP contribution in [0.3, 0.4) is 0 Å². The predicted molar refractivity (Wildman–Crippen MR) is 76.6 cm³/mol. The van der Waals surface area contributed by atoms with Crippen molar-refractivity contribution in [2.45, 2.75) is 0 Å². The fraction of sp³-hybridized carbons (Fsp3) is 1.00. The van der Waals surface area contributed by atoms with Crippen LogP contribution >= 0.6 is 46.4 Å². The quantitative estimate of drug-likeness (QED) is 0.161. The second kappa shape index (κ2) is 65.2. The number of rotatable bonds is 8. The van der Waals surface area contributed by atoms with Gasteiger partial charge in [0.1, 0.15) is 0 Å². The standard InChI is InChI=1S/2C4H9Cl2N.6ClH.Sn/c2*5-1-3-7-4-2-6;;;;;;;/h2*7H,1-4H2;6*1H;/q;;;;;;;;+4/p-4. The van der Waals surface area contributed by atoms with E-state index in [0.29, 0.717) is 23.5 Å². The molecule has 0 saturated carbocycles. The molecule has 0 saturated heterocycles. The molecule has 0 heterocycles. The smallest absolute Gasteiger partial charge is 1.00 e. The molecule has 0 bridgehead atoms. The summed E-state index contributed by atoms with van der Waals surface area (Å²) in [5.41, 5.74) is 0. The molecule has 0 aromatic rings. The third-order valence-corrected chi connectivity index (χ3v) is 1.84. The minimum atomic E-state index is 0. The van der Waals surface area contributed by atoms with E-state index >= 15 is 0 Å². The Kier molecular flexibility index (Phi) is 175. The van der Waals surface area contributed by atoms with Crippen molar-refractivity contribution in [2.24, 2.45) is 0 Å². The van der Waals surface area contributed by atoms with Crippen LogP contribution in [0.25, 0.3) is 0 Å². The number of nitrogens with one attached hydrogen (secondary N) is 2.